The zero-order valence-electron chi connectivity index (χ0n) is 24.8. The minimum atomic E-state index is -5.17. The van der Waals surface area contributed by atoms with Crippen molar-refractivity contribution in [2.24, 2.45) is 0 Å². The van der Waals surface area contributed by atoms with Crippen molar-refractivity contribution in [1.82, 2.24) is 0 Å². The third-order valence-electron chi connectivity index (χ3n) is 6.67. The molecule has 4 rings (SSSR count). The third kappa shape index (κ3) is 9.65. The van der Waals surface area contributed by atoms with Crippen molar-refractivity contribution in [3.8, 4) is 5.75 Å². The third-order valence-corrected chi connectivity index (χ3v) is 11.0. The Kier molecular flexibility index (Phi) is 11.8. The Morgan fingerprint density at radius 1 is 0.756 bits per heavy atom. The SMILES string of the molecule is CCCc1oc(=O)oc1COP(=O)(OCc1oc(=O)oc1CCC)C(CC(Cc1ccccc1)Oc1ccccc1)S(=O)(=O)O. The van der Waals surface area contributed by atoms with Crippen LogP contribution >= 0.6 is 7.60 Å². The smallest absolute Gasteiger partial charge is 0.490 e. The molecule has 2 atom stereocenters. The number of aryl methyl sites for hydroxylation is 2. The van der Waals surface area contributed by atoms with Crippen molar-refractivity contribution in [3.63, 3.8) is 0 Å². The van der Waals surface area contributed by atoms with Crippen LogP contribution < -0.4 is 16.4 Å². The van der Waals surface area contributed by atoms with Crippen molar-refractivity contribution in [2.75, 3.05) is 0 Å². The van der Waals surface area contributed by atoms with Crippen LogP contribution in [-0.2, 0) is 56.2 Å². The molecule has 0 radical (unpaired) electrons. The van der Waals surface area contributed by atoms with Crippen molar-refractivity contribution >= 4 is 17.7 Å². The van der Waals surface area contributed by atoms with E-state index < -0.39 is 60.1 Å². The van der Waals surface area contributed by atoms with Gasteiger partial charge in [-0.2, -0.15) is 8.42 Å². The number of hydrogen-bond donors (Lipinski definition) is 1. The summed E-state index contributed by atoms with van der Waals surface area (Å²) in [7, 11) is -10.1. The molecule has 0 saturated heterocycles. The van der Waals surface area contributed by atoms with Crippen LogP contribution in [0.4, 0.5) is 0 Å². The van der Waals surface area contributed by atoms with E-state index in [-0.39, 0.29) is 42.3 Å². The summed E-state index contributed by atoms with van der Waals surface area (Å²) in [5.41, 5.74) is 0.776. The van der Waals surface area contributed by atoms with E-state index in [0.717, 1.165) is 5.56 Å². The first-order chi connectivity index (χ1) is 21.5. The van der Waals surface area contributed by atoms with E-state index in [2.05, 4.69) is 0 Å². The molecule has 2 aromatic heterocycles. The molecule has 13 nitrogen and oxygen atoms in total. The second kappa shape index (κ2) is 15.5. The summed E-state index contributed by atoms with van der Waals surface area (Å²) in [6.45, 7) is 2.27. The summed E-state index contributed by atoms with van der Waals surface area (Å²) in [5, 5.41) is 0. The van der Waals surface area contributed by atoms with Gasteiger partial charge in [-0.25, -0.2) is 9.59 Å². The second-order valence-corrected chi connectivity index (χ2v) is 14.3. The number of benzene rings is 2. The summed E-state index contributed by atoms with van der Waals surface area (Å²) in [5.74, 6) is -1.65. The molecule has 0 aliphatic rings. The lowest BCUT2D eigenvalue weighted by atomic mass is 10.1. The second-order valence-electron chi connectivity index (χ2n) is 10.1. The minimum Gasteiger partial charge on any atom is -0.490 e. The van der Waals surface area contributed by atoms with E-state index in [1.165, 1.54) is 0 Å². The highest BCUT2D eigenvalue weighted by Crippen LogP contribution is 2.58. The molecule has 244 valence electrons. The predicted molar refractivity (Wildman–Crippen MR) is 161 cm³/mol. The molecule has 45 heavy (non-hydrogen) atoms. The Morgan fingerprint density at radius 2 is 1.22 bits per heavy atom. The van der Waals surface area contributed by atoms with Crippen molar-refractivity contribution in [3.05, 3.63) is 111 Å². The van der Waals surface area contributed by atoms with Crippen molar-refractivity contribution < 1.29 is 49.0 Å². The van der Waals surface area contributed by atoms with Gasteiger partial charge >= 0.3 is 19.2 Å². The highest BCUT2D eigenvalue weighted by molar-refractivity contribution is 7.94. The fourth-order valence-corrected chi connectivity index (χ4v) is 8.23. The number of para-hydroxylation sites is 1. The van der Waals surface area contributed by atoms with Gasteiger partial charge in [0, 0.05) is 25.7 Å². The molecule has 0 spiro atoms. The number of rotatable bonds is 18. The lowest BCUT2D eigenvalue weighted by Crippen LogP contribution is -2.32. The molecule has 0 aliphatic carbocycles. The van der Waals surface area contributed by atoms with Gasteiger partial charge in [0.25, 0.3) is 10.1 Å². The van der Waals surface area contributed by atoms with E-state index in [4.69, 9.17) is 31.5 Å². The fraction of sp³-hybridized carbons (Fsp3) is 0.400. The van der Waals surface area contributed by atoms with E-state index in [9.17, 15) is 27.1 Å². The van der Waals surface area contributed by atoms with Gasteiger partial charge in [-0.15, -0.1) is 0 Å². The zero-order valence-corrected chi connectivity index (χ0v) is 26.5. The number of ether oxygens (including phenoxy) is 1. The summed E-state index contributed by atoms with van der Waals surface area (Å²) in [6, 6.07) is 17.6. The monoisotopic (exact) mass is 666 g/mol. The average molecular weight is 667 g/mol. The fourth-order valence-electron chi connectivity index (χ4n) is 4.61. The molecule has 0 bridgehead atoms. The van der Waals surface area contributed by atoms with E-state index in [1.54, 1.807) is 42.5 Å². The van der Waals surface area contributed by atoms with E-state index in [1.807, 2.05) is 32.0 Å². The Morgan fingerprint density at radius 3 is 1.69 bits per heavy atom. The molecule has 2 heterocycles. The van der Waals surface area contributed by atoms with Crippen LogP contribution in [0.3, 0.4) is 0 Å². The minimum absolute atomic E-state index is 0.123. The maximum atomic E-state index is 14.6. The first kappa shape index (κ1) is 34.2. The molecule has 2 aromatic carbocycles. The molecule has 0 fully saturated rings. The standard InChI is InChI=1S/C30H35O13PS/c1-3-11-24-26(42-29(31)40-24)19-37-44(33,38-20-27-25(12-4-2)41-30(32)43-27)28(45(34,35)36)18-23(17-21-13-7-5-8-14-21)39-22-15-9-6-10-16-22/h5-10,13-16,23,28H,3-4,11-12,17-20H2,1-2H3,(H,34,35,36). The quantitative estimate of drug-likeness (QED) is 0.0977. The van der Waals surface area contributed by atoms with Gasteiger partial charge in [0.2, 0.25) is 0 Å². The predicted octanol–water partition coefficient (Wildman–Crippen LogP) is 5.90. The molecule has 1 N–H and O–H groups in total. The molecule has 4 aromatic rings. The summed E-state index contributed by atoms with van der Waals surface area (Å²) >= 11 is 0. The van der Waals surface area contributed by atoms with Crippen LogP contribution in [0.1, 0.15) is 61.7 Å². The molecule has 2 unspecified atom stereocenters. The van der Waals surface area contributed by atoms with Crippen molar-refractivity contribution in [1.29, 1.82) is 0 Å². The Balaban J connectivity index is 1.72. The summed E-state index contributed by atoms with van der Waals surface area (Å²) < 4.78 is 88.5. The van der Waals surface area contributed by atoms with E-state index in [0.29, 0.717) is 18.6 Å². The Hall–Kier alpha value is -3.68. The molecule has 0 saturated carbocycles. The van der Waals surface area contributed by atoms with Crippen LogP contribution in [0.5, 0.6) is 5.75 Å². The van der Waals surface area contributed by atoms with Gasteiger partial charge in [-0.05, 0) is 30.5 Å². The van der Waals surface area contributed by atoms with Gasteiger partial charge in [0.15, 0.2) is 28.0 Å². The van der Waals surface area contributed by atoms with Crippen molar-refractivity contribution in [2.45, 2.75) is 76.7 Å². The average Bonchev–Trinajstić information content (AvgIpc) is 3.54. The lowest BCUT2D eigenvalue weighted by molar-refractivity contribution is 0.153. The molecule has 0 aliphatic heterocycles. The summed E-state index contributed by atoms with van der Waals surface area (Å²) in [4.78, 5) is 21.5. The van der Waals surface area contributed by atoms with Gasteiger partial charge in [-0.3, -0.25) is 18.2 Å². The highest BCUT2D eigenvalue weighted by Gasteiger charge is 2.47. The van der Waals surface area contributed by atoms with Gasteiger partial charge in [0.1, 0.15) is 25.1 Å². The van der Waals surface area contributed by atoms with Crippen LogP contribution in [-0.4, -0.2) is 24.1 Å². The van der Waals surface area contributed by atoms with Gasteiger partial charge < -0.3 is 22.4 Å². The zero-order chi connectivity index (χ0) is 32.5. The van der Waals surface area contributed by atoms with Crippen LogP contribution in [0, 0.1) is 0 Å². The first-order valence-electron chi connectivity index (χ1n) is 14.3. The van der Waals surface area contributed by atoms with Crippen LogP contribution in [0.2, 0.25) is 0 Å². The maximum Gasteiger partial charge on any atom is 0.519 e. The molecule has 0 amide bonds. The normalized spacial score (nSPS) is 13.5. The highest BCUT2D eigenvalue weighted by atomic mass is 32.2. The maximum absolute atomic E-state index is 14.6. The molecule has 15 heteroatoms. The first-order valence-corrected chi connectivity index (χ1v) is 17.5. The molecular weight excluding hydrogens is 631 g/mol. The summed E-state index contributed by atoms with van der Waals surface area (Å²) in [6.07, 6.45) is 0.352. The van der Waals surface area contributed by atoms with E-state index >= 15 is 0 Å². The molecular formula is C30H35O13PS. The van der Waals surface area contributed by atoms with Gasteiger partial charge in [0.05, 0.1) is 0 Å². The topological polar surface area (TPSA) is 186 Å². The van der Waals surface area contributed by atoms with Crippen LogP contribution in [0.15, 0.2) is 87.9 Å². The van der Waals surface area contributed by atoms with Gasteiger partial charge in [-0.1, -0.05) is 62.4 Å². The van der Waals surface area contributed by atoms with Crippen LogP contribution in [0.25, 0.3) is 0 Å². The Bertz CT molecular complexity index is 1660. The number of hydrogen-bond acceptors (Lipinski definition) is 12. The largest absolute Gasteiger partial charge is 0.519 e. The Labute approximate surface area is 259 Å². The lowest BCUT2D eigenvalue weighted by Gasteiger charge is -2.28.